The molecule has 0 bridgehead atoms. The molecular weight excluding hydrogens is 374 g/mol. The molecule has 0 aromatic heterocycles. The van der Waals surface area contributed by atoms with E-state index >= 15 is 0 Å². The van der Waals surface area contributed by atoms with Crippen molar-refractivity contribution in [2.75, 3.05) is 26.2 Å². The van der Waals surface area contributed by atoms with Crippen molar-refractivity contribution in [1.82, 2.24) is 9.80 Å². The van der Waals surface area contributed by atoms with Crippen LogP contribution in [0.4, 0.5) is 0 Å². The Kier molecular flexibility index (Phi) is 5.85. The Labute approximate surface area is 177 Å². The van der Waals surface area contributed by atoms with E-state index in [0.717, 1.165) is 32.2 Å². The van der Waals surface area contributed by atoms with Crippen LogP contribution in [0.5, 0.6) is 0 Å². The zero-order valence-corrected chi connectivity index (χ0v) is 17.2. The van der Waals surface area contributed by atoms with E-state index in [4.69, 9.17) is 0 Å². The summed E-state index contributed by atoms with van der Waals surface area (Å²) in [4.78, 5) is 29.6. The molecule has 2 aromatic carbocycles. The minimum atomic E-state index is -0.0704. The molecule has 2 amide bonds. The van der Waals surface area contributed by atoms with Crippen LogP contribution in [0.3, 0.4) is 0 Å². The van der Waals surface area contributed by atoms with Gasteiger partial charge in [-0.2, -0.15) is 5.26 Å². The highest BCUT2D eigenvalue weighted by atomic mass is 16.2. The molecule has 1 atom stereocenters. The molecule has 4 rings (SSSR count). The van der Waals surface area contributed by atoms with Gasteiger partial charge < -0.3 is 9.80 Å². The SMILES string of the molecule is N#Cc1ccccc1C(=O)N1CCC[C@@]2(CCC(=O)N(CCc3ccccc3)C2)C1. The lowest BCUT2D eigenvalue weighted by atomic mass is 9.73. The molecule has 154 valence electrons. The van der Waals surface area contributed by atoms with Crippen molar-refractivity contribution in [3.63, 3.8) is 0 Å². The fourth-order valence-electron chi connectivity index (χ4n) is 4.87. The van der Waals surface area contributed by atoms with Crippen molar-refractivity contribution in [2.24, 2.45) is 5.41 Å². The third kappa shape index (κ3) is 4.23. The Hall–Kier alpha value is -3.13. The van der Waals surface area contributed by atoms with Crippen LogP contribution >= 0.6 is 0 Å². The van der Waals surface area contributed by atoms with Gasteiger partial charge in [-0.05, 0) is 43.4 Å². The van der Waals surface area contributed by atoms with Crippen molar-refractivity contribution < 1.29 is 9.59 Å². The number of hydrogen-bond donors (Lipinski definition) is 0. The molecule has 0 aliphatic carbocycles. The van der Waals surface area contributed by atoms with Gasteiger partial charge in [0.15, 0.2) is 0 Å². The summed E-state index contributed by atoms with van der Waals surface area (Å²) in [6, 6.07) is 19.4. The van der Waals surface area contributed by atoms with E-state index in [0.29, 0.717) is 37.2 Å². The second kappa shape index (κ2) is 8.71. The normalized spacial score (nSPS) is 21.5. The van der Waals surface area contributed by atoms with Gasteiger partial charge in [-0.3, -0.25) is 9.59 Å². The quantitative estimate of drug-likeness (QED) is 0.786. The third-order valence-electron chi connectivity index (χ3n) is 6.49. The van der Waals surface area contributed by atoms with Gasteiger partial charge in [0.05, 0.1) is 17.2 Å². The number of amides is 2. The lowest BCUT2D eigenvalue weighted by Gasteiger charge is -2.48. The molecular formula is C25H27N3O2. The van der Waals surface area contributed by atoms with Gasteiger partial charge in [-0.25, -0.2) is 0 Å². The third-order valence-corrected chi connectivity index (χ3v) is 6.49. The van der Waals surface area contributed by atoms with Gasteiger partial charge in [0.1, 0.15) is 0 Å². The number of benzene rings is 2. The minimum absolute atomic E-state index is 0.0416. The monoisotopic (exact) mass is 401 g/mol. The zero-order chi connectivity index (χ0) is 21.0. The molecule has 1 spiro atoms. The van der Waals surface area contributed by atoms with E-state index in [1.54, 1.807) is 24.3 Å². The Balaban J connectivity index is 1.46. The van der Waals surface area contributed by atoms with E-state index in [2.05, 4.69) is 18.2 Å². The fraction of sp³-hybridized carbons (Fsp3) is 0.400. The molecule has 2 saturated heterocycles. The maximum Gasteiger partial charge on any atom is 0.255 e. The maximum absolute atomic E-state index is 13.2. The van der Waals surface area contributed by atoms with Gasteiger partial charge >= 0.3 is 0 Å². The van der Waals surface area contributed by atoms with Crippen LogP contribution in [0.15, 0.2) is 54.6 Å². The molecule has 0 radical (unpaired) electrons. The van der Waals surface area contributed by atoms with Crippen LogP contribution in [0.1, 0.15) is 47.2 Å². The first kappa shape index (κ1) is 20.2. The average molecular weight is 402 g/mol. The predicted molar refractivity (Wildman–Crippen MR) is 115 cm³/mol. The summed E-state index contributed by atoms with van der Waals surface area (Å²) in [5.74, 6) is 0.147. The first-order valence-corrected chi connectivity index (χ1v) is 10.7. The van der Waals surface area contributed by atoms with Crippen molar-refractivity contribution in [3.05, 3.63) is 71.3 Å². The summed E-state index contributed by atoms with van der Waals surface area (Å²) in [6.07, 6.45) is 4.19. The number of rotatable bonds is 4. The summed E-state index contributed by atoms with van der Waals surface area (Å²) < 4.78 is 0. The summed E-state index contributed by atoms with van der Waals surface area (Å²) >= 11 is 0. The van der Waals surface area contributed by atoms with Crippen molar-refractivity contribution in [1.29, 1.82) is 5.26 Å². The molecule has 2 aromatic rings. The average Bonchev–Trinajstić information content (AvgIpc) is 2.80. The van der Waals surface area contributed by atoms with Gasteiger partial charge in [0.2, 0.25) is 5.91 Å². The van der Waals surface area contributed by atoms with E-state index in [-0.39, 0.29) is 17.2 Å². The van der Waals surface area contributed by atoms with Crippen LogP contribution in [0, 0.1) is 16.7 Å². The summed E-state index contributed by atoms with van der Waals surface area (Å²) in [6.45, 7) is 2.79. The van der Waals surface area contributed by atoms with E-state index < -0.39 is 0 Å². The second-order valence-corrected chi connectivity index (χ2v) is 8.54. The van der Waals surface area contributed by atoms with Crippen LogP contribution in [0.2, 0.25) is 0 Å². The number of nitriles is 1. The van der Waals surface area contributed by atoms with Crippen LogP contribution in [0.25, 0.3) is 0 Å². The maximum atomic E-state index is 13.2. The number of hydrogen-bond acceptors (Lipinski definition) is 3. The predicted octanol–water partition coefficient (Wildman–Crippen LogP) is 3.65. The van der Waals surface area contributed by atoms with Crippen molar-refractivity contribution >= 4 is 11.8 Å². The number of carbonyl (C=O) groups excluding carboxylic acids is 2. The van der Waals surface area contributed by atoms with Crippen LogP contribution in [-0.2, 0) is 11.2 Å². The topological polar surface area (TPSA) is 64.4 Å². The highest BCUT2D eigenvalue weighted by Crippen LogP contribution is 2.39. The van der Waals surface area contributed by atoms with E-state index in [1.807, 2.05) is 28.0 Å². The zero-order valence-electron chi connectivity index (χ0n) is 17.2. The summed E-state index contributed by atoms with van der Waals surface area (Å²) in [5, 5.41) is 9.36. The Morgan fingerprint density at radius 2 is 1.80 bits per heavy atom. The molecule has 2 aliphatic rings. The van der Waals surface area contributed by atoms with Crippen LogP contribution < -0.4 is 0 Å². The van der Waals surface area contributed by atoms with Crippen molar-refractivity contribution in [3.8, 4) is 6.07 Å². The number of piperidine rings is 2. The number of likely N-dealkylation sites (tertiary alicyclic amines) is 2. The van der Waals surface area contributed by atoms with Crippen molar-refractivity contribution in [2.45, 2.75) is 32.1 Å². The Morgan fingerprint density at radius 3 is 2.60 bits per heavy atom. The largest absolute Gasteiger partial charge is 0.342 e. The molecule has 0 N–H and O–H groups in total. The standard InChI is InChI=1S/C25H27N3O2/c26-17-21-9-4-5-10-22(21)24(30)28-15-6-13-25(19-28)14-11-23(29)27(18-25)16-12-20-7-2-1-3-8-20/h1-5,7-10H,6,11-16,18-19H2/t25-/m0/s1. The first-order valence-electron chi connectivity index (χ1n) is 10.7. The molecule has 2 aliphatic heterocycles. The number of nitrogens with zero attached hydrogens (tertiary/aromatic N) is 3. The fourth-order valence-corrected chi connectivity index (χ4v) is 4.87. The Morgan fingerprint density at radius 1 is 1.03 bits per heavy atom. The van der Waals surface area contributed by atoms with Crippen LogP contribution in [-0.4, -0.2) is 47.8 Å². The smallest absolute Gasteiger partial charge is 0.255 e. The molecule has 5 heteroatoms. The molecule has 0 unspecified atom stereocenters. The lowest BCUT2D eigenvalue weighted by molar-refractivity contribution is -0.138. The molecule has 0 saturated carbocycles. The van der Waals surface area contributed by atoms with E-state index in [1.165, 1.54) is 5.56 Å². The van der Waals surface area contributed by atoms with E-state index in [9.17, 15) is 14.9 Å². The first-order chi connectivity index (χ1) is 14.6. The number of carbonyl (C=O) groups is 2. The minimum Gasteiger partial charge on any atom is -0.342 e. The highest BCUT2D eigenvalue weighted by Gasteiger charge is 2.42. The van der Waals surface area contributed by atoms with Gasteiger partial charge in [0, 0.05) is 38.0 Å². The highest BCUT2D eigenvalue weighted by molar-refractivity contribution is 5.96. The molecule has 2 heterocycles. The molecule has 2 fully saturated rings. The summed E-state index contributed by atoms with van der Waals surface area (Å²) in [7, 11) is 0. The summed E-state index contributed by atoms with van der Waals surface area (Å²) in [5.41, 5.74) is 2.09. The van der Waals surface area contributed by atoms with Gasteiger partial charge in [0.25, 0.3) is 5.91 Å². The van der Waals surface area contributed by atoms with Gasteiger partial charge in [-0.15, -0.1) is 0 Å². The lowest BCUT2D eigenvalue weighted by Crippen LogP contribution is -2.55. The Bertz CT molecular complexity index is 966. The van der Waals surface area contributed by atoms with Gasteiger partial charge in [-0.1, -0.05) is 42.5 Å². The second-order valence-electron chi connectivity index (χ2n) is 8.54. The molecule has 30 heavy (non-hydrogen) atoms. The molecule has 5 nitrogen and oxygen atoms in total.